The molecular weight excluding hydrogens is 319 g/mol. The molecule has 0 radical (unpaired) electrons. The van der Waals surface area contributed by atoms with Crippen molar-refractivity contribution in [2.45, 2.75) is 6.54 Å². The van der Waals surface area contributed by atoms with Crippen molar-refractivity contribution in [2.24, 2.45) is 0 Å². The van der Waals surface area contributed by atoms with Gasteiger partial charge >= 0.3 is 0 Å². The van der Waals surface area contributed by atoms with Crippen LogP contribution >= 0.6 is 15.9 Å². The first-order valence-corrected chi connectivity index (χ1v) is 6.89. The first-order chi connectivity index (χ1) is 9.65. The molecule has 0 saturated carbocycles. The molecule has 3 aromatic rings. The Morgan fingerprint density at radius 2 is 2.00 bits per heavy atom. The summed E-state index contributed by atoms with van der Waals surface area (Å²) in [5.41, 5.74) is 2.19. The lowest BCUT2D eigenvalue weighted by Gasteiger charge is -2.07. The highest BCUT2D eigenvalue weighted by molar-refractivity contribution is 9.10. The SMILES string of the molecule is N#Cc1cc(F)cc(Cn2ccc3ccc(Br)cc32)c1. The Morgan fingerprint density at radius 3 is 2.80 bits per heavy atom. The summed E-state index contributed by atoms with van der Waals surface area (Å²) >= 11 is 3.45. The standard InChI is InChI=1S/C16H10BrFN2/c17-14-2-1-13-3-4-20(16(13)8-14)10-12-5-11(9-19)6-15(18)7-12/h1-8H,10H2. The molecule has 1 heterocycles. The van der Waals surface area contributed by atoms with Crippen LogP contribution in [0.2, 0.25) is 0 Å². The van der Waals surface area contributed by atoms with Crippen LogP contribution in [0.1, 0.15) is 11.1 Å². The van der Waals surface area contributed by atoms with E-state index in [-0.39, 0.29) is 5.82 Å². The summed E-state index contributed by atoms with van der Waals surface area (Å²) in [5.74, 6) is -0.378. The molecule has 0 aliphatic rings. The molecule has 0 aliphatic carbocycles. The van der Waals surface area contributed by atoms with E-state index in [2.05, 4.69) is 15.9 Å². The van der Waals surface area contributed by atoms with Gasteiger partial charge in [0.05, 0.1) is 11.6 Å². The lowest BCUT2D eigenvalue weighted by atomic mass is 10.1. The summed E-state index contributed by atoms with van der Waals surface area (Å²) in [6.07, 6.45) is 1.97. The molecule has 98 valence electrons. The maximum absolute atomic E-state index is 13.5. The minimum atomic E-state index is -0.378. The number of benzene rings is 2. The van der Waals surface area contributed by atoms with Crippen LogP contribution in [0.3, 0.4) is 0 Å². The molecule has 0 aliphatic heterocycles. The molecule has 0 atom stereocenters. The van der Waals surface area contributed by atoms with Gasteiger partial charge < -0.3 is 4.57 Å². The molecule has 0 N–H and O–H groups in total. The fraction of sp³-hybridized carbons (Fsp3) is 0.0625. The van der Waals surface area contributed by atoms with Crippen LogP contribution in [0.15, 0.2) is 53.1 Å². The van der Waals surface area contributed by atoms with E-state index in [9.17, 15) is 4.39 Å². The van der Waals surface area contributed by atoms with Gasteiger partial charge in [-0.25, -0.2) is 4.39 Å². The topological polar surface area (TPSA) is 28.7 Å². The van der Waals surface area contributed by atoms with E-state index in [1.54, 1.807) is 6.07 Å². The summed E-state index contributed by atoms with van der Waals surface area (Å²) in [4.78, 5) is 0. The van der Waals surface area contributed by atoms with Crippen molar-refractivity contribution >= 4 is 26.8 Å². The van der Waals surface area contributed by atoms with Gasteiger partial charge in [0, 0.05) is 22.7 Å². The van der Waals surface area contributed by atoms with Crippen molar-refractivity contribution in [3.63, 3.8) is 0 Å². The van der Waals surface area contributed by atoms with Crippen LogP contribution in [0, 0.1) is 17.1 Å². The first kappa shape index (κ1) is 12.9. The number of rotatable bonds is 2. The molecule has 0 spiro atoms. The first-order valence-electron chi connectivity index (χ1n) is 6.10. The Bertz CT molecular complexity index is 830. The molecule has 0 unspecified atom stereocenters. The third-order valence-corrected chi connectivity index (χ3v) is 3.67. The van der Waals surface area contributed by atoms with Gasteiger partial charge in [0.15, 0.2) is 0 Å². The lowest BCUT2D eigenvalue weighted by molar-refractivity contribution is 0.623. The van der Waals surface area contributed by atoms with Crippen LogP contribution in [0.25, 0.3) is 10.9 Å². The highest BCUT2D eigenvalue weighted by Crippen LogP contribution is 2.22. The molecule has 20 heavy (non-hydrogen) atoms. The Labute approximate surface area is 124 Å². The molecular formula is C16H10BrFN2. The van der Waals surface area contributed by atoms with E-state index < -0.39 is 0 Å². The number of fused-ring (bicyclic) bond motifs is 1. The second kappa shape index (κ2) is 5.10. The second-order valence-electron chi connectivity index (χ2n) is 4.61. The molecule has 4 heteroatoms. The molecule has 0 fully saturated rings. The number of hydrogen-bond donors (Lipinski definition) is 0. The normalized spacial score (nSPS) is 10.7. The van der Waals surface area contributed by atoms with E-state index in [1.807, 2.05) is 41.1 Å². The van der Waals surface area contributed by atoms with Crippen LogP contribution in [0.5, 0.6) is 0 Å². The average molecular weight is 329 g/mol. The van der Waals surface area contributed by atoms with Gasteiger partial charge in [0.1, 0.15) is 5.82 Å². The monoisotopic (exact) mass is 328 g/mol. The number of aromatic nitrogens is 1. The third-order valence-electron chi connectivity index (χ3n) is 3.18. The third kappa shape index (κ3) is 2.45. The summed E-state index contributed by atoms with van der Waals surface area (Å²) in [5, 5.41) is 10.0. The van der Waals surface area contributed by atoms with Gasteiger partial charge in [-0.2, -0.15) is 5.26 Å². The van der Waals surface area contributed by atoms with Gasteiger partial charge in [0.2, 0.25) is 0 Å². The minimum absolute atomic E-state index is 0.345. The van der Waals surface area contributed by atoms with E-state index >= 15 is 0 Å². The smallest absolute Gasteiger partial charge is 0.124 e. The molecule has 0 bridgehead atoms. The van der Waals surface area contributed by atoms with Crippen LogP contribution < -0.4 is 0 Å². The van der Waals surface area contributed by atoms with Crippen molar-refractivity contribution < 1.29 is 4.39 Å². The summed E-state index contributed by atoms with van der Waals surface area (Å²) < 4.78 is 16.5. The van der Waals surface area contributed by atoms with Gasteiger partial charge in [-0.1, -0.05) is 22.0 Å². The van der Waals surface area contributed by atoms with E-state index in [4.69, 9.17) is 5.26 Å². The maximum atomic E-state index is 13.5. The van der Waals surface area contributed by atoms with Crippen LogP contribution in [-0.4, -0.2) is 4.57 Å². The molecule has 2 nitrogen and oxygen atoms in total. The highest BCUT2D eigenvalue weighted by atomic mass is 79.9. The maximum Gasteiger partial charge on any atom is 0.124 e. The molecule has 2 aromatic carbocycles. The van der Waals surface area contributed by atoms with Gasteiger partial charge in [-0.05, 0) is 47.3 Å². The van der Waals surface area contributed by atoms with Crippen molar-refractivity contribution in [3.8, 4) is 6.07 Å². The average Bonchev–Trinajstić information content (AvgIpc) is 2.80. The Balaban J connectivity index is 2.03. The zero-order valence-corrected chi connectivity index (χ0v) is 12.1. The Hall–Kier alpha value is -2.12. The number of nitrogens with zero attached hydrogens (tertiary/aromatic N) is 2. The fourth-order valence-electron chi connectivity index (χ4n) is 2.30. The fourth-order valence-corrected chi connectivity index (χ4v) is 2.65. The van der Waals surface area contributed by atoms with E-state index in [0.29, 0.717) is 12.1 Å². The number of nitriles is 1. The Morgan fingerprint density at radius 1 is 1.15 bits per heavy atom. The van der Waals surface area contributed by atoms with Gasteiger partial charge in [-0.15, -0.1) is 0 Å². The van der Waals surface area contributed by atoms with Gasteiger partial charge in [0.25, 0.3) is 0 Å². The zero-order valence-electron chi connectivity index (χ0n) is 10.5. The van der Waals surface area contributed by atoms with Crippen molar-refractivity contribution in [1.29, 1.82) is 5.26 Å². The van der Waals surface area contributed by atoms with Crippen molar-refractivity contribution in [3.05, 3.63) is 70.1 Å². The van der Waals surface area contributed by atoms with Crippen molar-refractivity contribution in [1.82, 2.24) is 4.57 Å². The summed E-state index contributed by atoms with van der Waals surface area (Å²) in [6.45, 7) is 0.534. The Kier molecular flexibility index (Phi) is 3.29. The second-order valence-corrected chi connectivity index (χ2v) is 5.52. The molecule has 3 rings (SSSR count). The summed E-state index contributed by atoms with van der Waals surface area (Å²) in [7, 11) is 0. The lowest BCUT2D eigenvalue weighted by Crippen LogP contribution is -1.99. The van der Waals surface area contributed by atoms with E-state index in [0.717, 1.165) is 20.9 Å². The summed E-state index contributed by atoms with van der Waals surface area (Å²) in [6, 6.07) is 14.5. The van der Waals surface area contributed by atoms with Gasteiger partial charge in [-0.3, -0.25) is 0 Å². The van der Waals surface area contributed by atoms with Crippen molar-refractivity contribution in [2.75, 3.05) is 0 Å². The molecule has 1 aromatic heterocycles. The number of halogens is 2. The predicted octanol–water partition coefficient (Wildman–Crippen LogP) is 4.46. The molecule has 0 saturated heterocycles. The van der Waals surface area contributed by atoms with E-state index in [1.165, 1.54) is 12.1 Å². The van der Waals surface area contributed by atoms with Crippen LogP contribution in [-0.2, 0) is 6.54 Å². The predicted molar refractivity (Wildman–Crippen MR) is 79.9 cm³/mol. The largest absolute Gasteiger partial charge is 0.343 e. The quantitative estimate of drug-likeness (QED) is 0.682. The highest BCUT2D eigenvalue weighted by Gasteiger charge is 2.05. The van der Waals surface area contributed by atoms with Crippen LogP contribution in [0.4, 0.5) is 4.39 Å². The zero-order chi connectivity index (χ0) is 14.1. The molecule has 0 amide bonds. The minimum Gasteiger partial charge on any atom is -0.343 e. The number of hydrogen-bond acceptors (Lipinski definition) is 1.